The third-order valence-electron chi connectivity index (χ3n) is 11.3. The van der Waals surface area contributed by atoms with Gasteiger partial charge in [0.25, 0.3) is 0 Å². The van der Waals surface area contributed by atoms with Crippen LogP contribution < -0.4 is 21.3 Å². The topological polar surface area (TPSA) is 245 Å². The summed E-state index contributed by atoms with van der Waals surface area (Å²) in [6.07, 6.45) is 19.4. The van der Waals surface area contributed by atoms with E-state index in [-0.39, 0.29) is 125 Å². The van der Waals surface area contributed by atoms with Gasteiger partial charge in [0.2, 0.25) is 17.7 Å². The molecule has 0 saturated heterocycles. The number of carbonyl (C=O) groups excluding carboxylic acids is 5. The predicted octanol–water partition coefficient (Wildman–Crippen LogP) is 9.54. The second-order valence-corrected chi connectivity index (χ2v) is 19.7. The van der Waals surface area contributed by atoms with Crippen molar-refractivity contribution >= 4 is 41.2 Å². The van der Waals surface area contributed by atoms with E-state index < -0.39 is 17.9 Å². The monoisotopic (exact) mass is 1040 g/mol. The number of ether oxygens (including phenoxy) is 4. The number of hydrogen-bond acceptors (Lipinski definition) is 12. The van der Waals surface area contributed by atoms with Crippen molar-refractivity contribution in [2.45, 2.75) is 235 Å². The molecule has 0 aliphatic rings. The van der Waals surface area contributed by atoms with Gasteiger partial charge in [0, 0.05) is 70.6 Å². The van der Waals surface area contributed by atoms with Gasteiger partial charge in [-0.25, -0.2) is 0 Å². The zero-order valence-electron chi connectivity index (χ0n) is 47.6. The van der Waals surface area contributed by atoms with Crippen LogP contribution in [0.4, 0.5) is 0 Å². The molecule has 430 valence electrons. The Balaban J connectivity index is -0.0000119. The summed E-state index contributed by atoms with van der Waals surface area (Å²) in [6.45, 7) is 21.7. The molecular formula is C56H108N4O13. The molecule has 17 nitrogen and oxygen atoms in total. The highest BCUT2D eigenvalue weighted by Crippen LogP contribution is 2.21. The molecule has 0 rings (SSSR count). The van der Waals surface area contributed by atoms with Gasteiger partial charge in [-0.1, -0.05) is 139 Å². The third-order valence-corrected chi connectivity index (χ3v) is 11.3. The normalized spacial score (nSPS) is 11.9. The van der Waals surface area contributed by atoms with Gasteiger partial charge in [-0.05, 0) is 43.9 Å². The lowest BCUT2D eigenvalue weighted by molar-refractivity contribution is -0.144. The number of rotatable bonds is 50. The first-order chi connectivity index (χ1) is 35.0. The Morgan fingerprint density at radius 3 is 1.26 bits per heavy atom. The van der Waals surface area contributed by atoms with E-state index in [0.717, 1.165) is 64.2 Å². The van der Waals surface area contributed by atoms with Crippen molar-refractivity contribution in [3.05, 3.63) is 0 Å². The third kappa shape index (κ3) is 56.1. The first-order valence-corrected chi connectivity index (χ1v) is 28.4. The molecule has 0 radical (unpaired) electrons. The predicted molar refractivity (Wildman–Crippen MR) is 291 cm³/mol. The van der Waals surface area contributed by atoms with Gasteiger partial charge in [-0.2, -0.15) is 0 Å². The van der Waals surface area contributed by atoms with Crippen LogP contribution in [-0.2, 0) is 52.5 Å². The number of carboxylic acid groups (broad SMARTS) is 2. The number of carboxylic acids is 2. The Bertz CT molecular complexity index is 1380. The molecule has 0 spiro atoms. The minimum Gasteiger partial charge on any atom is -0.481 e. The van der Waals surface area contributed by atoms with E-state index >= 15 is 0 Å². The van der Waals surface area contributed by atoms with Crippen LogP contribution in [0.1, 0.15) is 223 Å². The molecule has 17 heteroatoms. The van der Waals surface area contributed by atoms with Gasteiger partial charge in [-0.15, -0.1) is 0 Å². The molecule has 2 atom stereocenters. The van der Waals surface area contributed by atoms with E-state index in [4.69, 9.17) is 24.1 Å². The van der Waals surface area contributed by atoms with Crippen molar-refractivity contribution in [3.63, 3.8) is 0 Å². The van der Waals surface area contributed by atoms with Crippen molar-refractivity contribution in [3.8, 4) is 0 Å². The minimum atomic E-state index is -1.06. The highest BCUT2D eigenvalue weighted by Gasteiger charge is 2.24. The summed E-state index contributed by atoms with van der Waals surface area (Å²) >= 11 is 0. The van der Waals surface area contributed by atoms with E-state index in [9.17, 15) is 38.7 Å². The summed E-state index contributed by atoms with van der Waals surface area (Å²) in [7, 11) is 0. The summed E-state index contributed by atoms with van der Waals surface area (Å²) < 4.78 is 21.9. The maximum absolute atomic E-state index is 12.7. The molecule has 0 bridgehead atoms. The summed E-state index contributed by atoms with van der Waals surface area (Å²) in [5, 5.41) is 30.0. The number of hydrogen-bond donors (Lipinski definition) is 6. The lowest BCUT2D eigenvalue weighted by Crippen LogP contribution is -2.42. The van der Waals surface area contributed by atoms with E-state index in [0.29, 0.717) is 45.8 Å². The van der Waals surface area contributed by atoms with Gasteiger partial charge < -0.3 is 50.4 Å². The Hall–Kier alpha value is -3.51. The van der Waals surface area contributed by atoms with E-state index in [1.807, 2.05) is 41.5 Å². The Labute approximate surface area is 442 Å². The second-order valence-electron chi connectivity index (χ2n) is 19.7. The fourth-order valence-electron chi connectivity index (χ4n) is 7.57. The Kier molecular flexibility index (Phi) is 53.9. The molecule has 2 unspecified atom stereocenters. The quantitative estimate of drug-likeness (QED) is 0.0311. The number of nitrogens with one attached hydrogen (secondary N) is 4. The molecule has 0 aromatic carbocycles. The smallest absolute Gasteiger partial charge is 0.306 e. The summed E-state index contributed by atoms with van der Waals surface area (Å²) in [4.78, 5) is 83.9. The van der Waals surface area contributed by atoms with Crippen LogP contribution >= 0.6 is 0 Å². The Morgan fingerprint density at radius 2 is 0.849 bits per heavy atom. The van der Waals surface area contributed by atoms with Crippen LogP contribution in [-0.4, -0.2) is 136 Å². The van der Waals surface area contributed by atoms with Crippen LogP contribution in [0, 0.1) is 11.3 Å². The minimum absolute atomic E-state index is 0.0103. The number of amides is 3. The van der Waals surface area contributed by atoms with Crippen molar-refractivity contribution < 1.29 is 62.7 Å². The number of unbranched alkanes of at least 4 members (excludes halogenated alkanes) is 14. The first-order valence-electron chi connectivity index (χ1n) is 28.4. The molecule has 6 N–H and O–H groups in total. The van der Waals surface area contributed by atoms with Crippen LogP contribution in [0.5, 0.6) is 0 Å². The summed E-state index contributed by atoms with van der Waals surface area (Å²) in [6, 6.07) is 0.0608. The average molecular weight is 1050 g/mol. The van der Waals surface area contributed by atoms with Gasteiger partial charge in [0.05, 0.1) is 64.8 Å². The van der Waals surface area contributed by atoms with Crippen molar-refractivity contribution in [1.82, 2.24) is 21.3 Å². The fraction of sp³-hybridized carbons (Fsp3) is 0.875. The highest BCUT2D eigenvalue weighted by atomic mass is 16.5. The molecule has 73 heavy (non-hydrogen) atoms. The highest BCUT2D eigenvalue weighted by molar-refractivity contribution is 5.85. The lowest BCUT2D eigenvalue weighted by Gasteiger charge is -2.24. The first kappa shape index (κ1) is 73.7. The lowest BCUT2D eigenvalue weighted by atomic mass is 9.86. The zero-order valence-corrected chi connectivity index (χ0v) is 47.6. The maximum atomic E-state index is 12.7. The molecular weight excluding hydrogens is 937 g/mol. The van der Waals surface area contributed by atoms with E-state index in [1.165, 1.54) is 44.9 Å². The number of carbonyl (C=O) groups is 7. The second kappa shape index (κ2) is 53.3. The van der Waals surface area contributed by atoms with E-state index in [1.54, 1.807) is 0 Å². The molecule has 0 heterocycles. The van der Waals surface area contributed by atoms with Crippen LogP contribution in [0.3, 0.4) is 0 Å². The van der Waals surface area contributed by atoms with Crippen LogP contribution in [0.2, 0.25) is 0 Å². The summed E-state index contributed by atoms with van der Waals surface area (Å²) in [5.41, 5.74) is -0.0480. The molecule has 0 aliphatic carbocycles. The maximum Gasteiger partial charge on any atom is 0.306 e. The average Bonchev–Trinajstić information content (AvgIpc) is 3.33. The Morgan fingerprint density at radius 1 is 0.452 bits per heavy atom. The van der Waals surface area contributed by atoms with Gasteiger partial charge in [-0.3, -0.25) is 33.6 Å². The number of ketones is 2. The molecule has 0 fully saturated rings. The molecule has 0 saturated carbocycles. The molecule has 0 aliphatic heterocycles. The standard InChI is InChI=1S/C52H96N4O13.2C2H6/c1-42(2)56-45(46(58)41-52(3,4)5)23-20-21-29-53-48(60)27-32-66-36-39-69-35-31-55-49(61)28-33-67-37-38-68-34-30-54-47(59)26-25-43(51(64)65)40-44(57)22-18-16-14-12-10-8-6-7-9-11-13-15-17-19-24-50(62)63;2*1-2/h42-43,45,56H,6-41H2,1-5H3,(H,53,60)(H,54,59)(H,55,61)(H,62,63)(H,64,65);2*1-2H3. The van der Waals surface area contributed by atoms with Crippen LogP contribution in [0.15, 0.2) is 0 Å². The van der Waals surface area contributed by atoms with Gasteiger partial charge >= 0.3 is 11.9 Å². The van der Waals surface area contributed by atoms with Crippen molar-refractivity contribution in [2.75, 3.05) is 72.5 Å². The molecule has 0 aromatic heterocycles. The largest absolute Gasteiger partial charge is 0.481 e. The SMILES string of the molecule is CC.CC.CC(C)NC(CCCCNC(=O)CCOCCOCCNC(=O)CCOCCOCCNC(=O)CCC(CC(=O)CCCCCCCCCCCCCCCCC(=O)O)C(=O)O)C(=O)CC(C)(C)C. The van der Waals surface area contributed by atoms with Gasteiger partial charge in [0.1, 0.15) is 11.6 Å². The molecule has 0 aromatic rings. The summed E-state index contributed by atoms with van der Waals surface area (Å²) in [5.74, 6) is -3.04. The number of aliphatic carboxylic acids is 2. The number of Topliss-reactive ketones (excluding diaryl/α,β-unsaturated/α-hetero) is 2. The fourth-order valence-corrected chi connectivity index (χ4v) is 7.57. The van der Waals surface area contributed by atoms with Crippen molar-refractivity contribution in [1.29, 1.82) is 0 Å². The van der Waals surface area contributed by atoms with Crippen molar-refractivity contribution in [2.24, 2.45) is 11.3 Å². The molecule has 3 amide bonds. The van der Waals surface area contributed by atoms with E-state index in [2.05, 4.69) is 42.0 Å². The van der Waals surface area contributed by atoms with Crippen LogP contribution in [0.25, 0.3) is 0 Å². The zero-order chi connectivity index (χ0) is 55.4. The van der Waals surface area contributed by atoms with Gasteiger partial charge in [0.15, 0.2) is 0 Å².